The largest absolute Gasteiger partial charge is 0.490 e. The Kier molecular flexibility index (Phi) is 6.01. The molecule has 2 amide bonds. The third kappa shape index (κ3) is 4.42. The lowest BCUT2D eigenvalue weighted by Crippen LogP contribution is -2.38. The van der Waals surface area contributed by atoms with Crippen LogP contribution >= 0.6 is 0 Å². The monoisotopic (exact) mass is 356 g/mol. The van der Waals surface area contributed by atoms with Crippen LogP contribution in [0.25, 0.3) is 6.08 Å². The maximum atomic E-state index is 12.2. The standard InChI is InChI=1S/C17H16N4O5/c1-26-15-8-7-11(10-14(15)21(24)25)9-13(17(23)20-18)19-16(22)12-5-3-2-4-6-12/h2-10H,18H2,1H3,(H,19,22)(H,20,23). The van der Waals surface area contributed by atoms with Crippen LogP contribution in [0.3, 0.4) is 0 Å². The quantitative estimate of drug-likeness (QED) is 0.235. The molecule has 0 fully saturated rings. The Bertz CT molecular complexity index is 865. The van der Waals surface area contributed by atoms with Gasteiger partial charge in [0.2, 0.25) is 0 Å². The minimum absolute atomic E-state index is 0.0743. The highest BCUT2D eigenvalue weighted by atomic mass is 16.6. The first-order valence-corrected chi connectivity index (χ1v) is 7.37. The SMILES string of the molecule is COc1ccc(C=C(NC(=O)c2ccccc2)C(=O)NN)cc1[N+](=O)[O-]. The second-order valence-corrected chi connectivity index (χ2v) is 5.04. The van der Waals surface area contributed by atoms with Crippen molar-refractivity contribution in [3.05, 3.63) is 75.5 Å². The summed E-state index contributed by atoms with van der Waals surface area (Å²) >= 11 is 0. The first-order chi connectivity index (χ1) is 12.5. The molecule has 26 heavy (non-hydrogen) atoms. The zero-order chi connectivity index (χ0) is 19.1. The summed E-state index contributed by atoms with van der Waals surface area (Å²) in [5.41, 5.74) is 2.13. The topological polar surface area (TPSA) is 137 Å². The maximum Gasteiger partial charge on any atom is 0.311 e. The highest BCUT2D eigenvalue weighted by Gasteiger charge is 2.17. The van der Waals surface area contributed by atoms with Crippen LogP contribution in [-0.2, 0) is 4.79 Å². The second kappa shape index (κ2) is 8.40. The number of hydrazine groups is 1. The van der Waals surface area contributed by atoms with E-state index in [2.05, 4.69) is 5.32 Å². The fourth-order valence-electron chi connectivity index (χ4n) is 2.13. The molecule has 9 nitrogen and oxygen atoms in total. The van der Waals surface area contributed by atoms with Crippen LogP contribution in [-0.4, -0.2) is 23.8 Å². The molecule has 2 aromatic carbocycles. The van der Waals surface area contributed by atoms with Gasteiger partial charge in [0.1, 0.15) is 5.70 Å². The number of amides is 2. The summed E-state index contributed by atoms with van der Waals surface area (Å²) in [7, 11) is 1.31. The van der Waals surface area contributed by atoms with Crippen molar-refractivity contribution in [1.29, 1.82) is 0 Å². The van der Waals surface area contributed by atoms with Crippen LogP contribution in [0.5, 0.6) is 5.75 Å². The average molecular weight is 356 g/mol. The fourth-order valence-corrected chi connectivity index (χ4v) is 2.13. The molecule has 0 aliphatic carbocycles. The molecule has 0 saturated carbocycles. The van der Waals surface area contributed by atoms with Gasteiger partial charge in [-0.1, -0.05) is 24.3 Å². The van der Waals surface area contributed by atoms with Crippen molar-refractivity contribution in [2.75, 3.05) is 7.11 Å². The summed E-state index contributed by atoms with van der Waals surface area (Å²) < 4.78 is 4.93. The highest BCUT2D eigenvalue weighted by molar-refractivity contribution is 6.05. The lowest BCUT2D eigenvalue weighted by Gasteiger charge is -2.09. The van der Waals surface area contributed by atoms with E-state index in [0.717, 1.165) is 0 Å². The van der Waals surface area contributed by atoms with E-state index in [1.165, 1.54) is 31.4 Å². The number of nitrogens with zero attached hydrogens (tertiary/aromatic N) is 1. The molecule has 2 rings (SSSR count). The number of nitro benzene ring substituents is 1. The van der Waals surface area contributed by atoms with Crippen molar-refractivity contribution in [3.8, 4) is 5.75 Å². The molecule has 0 bridgehead atoms. The van der Waals surface area contributed by atoms with Gasteiger partial charge in [0.05, 0.1) is 12.0 Å². The summed E-state index contributed by atoms with van der Waals surface area (Å²) in [5.74, 6) is 3.94. The van der Waals surface area contributed by atoms with Crippen LogP contribution in [0.4, 0.5) is 5.69 Å². The third-order valence-corrected chi connectivity index (χ3v) is 3.37. The van der Waals surface area contributed by atoms with Crippen molar-refractivity contribution >= 4 is 23.6 Å². The minimum atomic E-state index is -0.757. The normalized spacial score (nSPS) is 10.8. The Hall–Kier alpha value is -3.72. The number of methoxy groups -OCH3 is 1. The molecule has 0 saturated heterocycles. The third-order valence-electron chi connectivity index (χ3n) is 3.37. The number of hydrogen-bond donors (Lipinski definition) is 3. The van der Waals surface area contributed by atoms with Gasteiger partial charge >= 0.3 is 5.69 Å². The molecular weight excluding hydrogens is 340 g/mol. The lowest BCUT2D eigenvalue weighted by atomic mass is 10.1. The molecule has 0 spiro atoms. The molecule has 0 aromatic heterocycles. The second-order valence-electron chi connectivity index (χ2n) is 5.04. The smallest absolute Gasteiger partial charge is 0.311 e. The van der Waals surface area contributed by atoms with Crippen LogP contribution in [0.2, 0.25) is 0 Å². The Morgan fingerprint density at radius 3 is 2.46 bits per heavy atom. The number of benzene rings is 2. The van der Waals surface area contributed by atoms with E-state index in [1.54, 1.807) is 30.3 Å². The number of rotatable bonds is 6. The number of nitro groups is 1. The first kappa shape index (κ1) is 18.6. The number of carbonyl (C=O) groups excluding carboxylic acids is 2. The van der Waals surface area contributed by atoms with Crippen molar-refractivity contribution in [3.63, 3.8) is 0 Å². The van der Waals surface area contributed by atoms with Gasteiger partial charge in [-0.25, -0.2) is 5.84 Å². The van der Waals surface area contributed by atoms with Gasteiger partial charge in [0, 0.05) is 11.6 Å². The molecule has 0 heterocycles. The molecular formula is C17H16N4O5. The molecule has 134 valence electrons. The van der Waals surface area contributed by atoms with Gasteiger partial charge in [0.15, 0.2) is 5.75 Å². The summed E-state index contributed by atoms with van der Waals surface area (Å²) in [4.78, 5) is 34.7. The number of ether oxygens (including phenoxy) is 1. The van der Waals surface area contributed by atoms with Crippen molar-refractivity contribution in [2.45, 2.75) is 0 Å². The van der Waals surface area contributed by atoms with Gasteiger partial charge in [-0.3, -0.25) is 25.1 Å². The number of nitrogens with one attached hydrogen (secondary N) is 2. The predicted octanol–water partition coefficient (Wildman–Crippen LogP) is 1.36. The number of carbonyl (C=O) groups is 2. The van der Waals surface area contributed by atoms with E-state index < -0.39 is 16.7 Å². The molecule has 0 aliphatic heterocycles. The van der Waals surface area contributed by atoms with Gasteiger partial charge in [0.25, 0.3) is 11.8 Å². The zero-order valence-electron chi connectivity index (χ0n) is 13.8. The minimum Gasteiger partial charge on any atom is -0.490 e. The van der Waals surface area contributed by atoms with E-state index in [4.69, 9.17) is 10.6 Å². The molecule has 2 aromatic rings. The molecule has 0 aliphatic rings. The van der Waals surface area contributed by atoms with Crippen molar-refractivity contribution < 1.29 is 19.2 Å². The maximum absolute atomic E-state index is 12.2. The Labute approximate surface area is 148 Å². The van der Waals surface area contributed by atoms with Crippen LogP contribution in [0.1, 0.15) is 15.9 Å². The summed E-state index contributed by atoms with van der Waals surface area (Å²) in [5, 5.41) is 13.5. The van der Waals surface area contributed by atoms with Gasteiger partial charge in [-0.15, -0.1) is 0 Å². The molecule has 0 atom stereocenters. The first-order valence-electron chi connectivity index (χ1n) is 7.37. The number of nitrogens with two attached hydrogens (primary N) is 1. The van der Waals surface area contributed by atoms with E-state index in [0.29, 0.717) is 11.1 Å². The van der Waals surface area contributed by atoms with E-state index in [-0.39, 0.29) is 17.1 Å². The van der Waals surface area contributed by atoms with Gasteiger partial charge < -0.3 is 10.1 Å². The van der Waals surface area contributed by atoms with E-state index in [1.807, 2.05) is 5.43 Å². The van der Waals surface area contributed by atoms with Gasteiger partial charge in [-0.2, -0.15) is 0 Å². The Morgan fingerprint density at radius 1 is 1.19 bits per heavy atom. The molecule has 0 radical (unpaired) electrons. The van der Waals surface area contributed by atoms with E-state index in [9.17, 15) is 19.7 Å². The molecule has 4 N–H and O–H groups in total. The summed E-state index contributed by atoms with van der Waals surface area (Å²) in [6.45, 7) is 0. The zero-order valence-corrected chi connectivity index (χ0v) is 13.8. The van der Waals surface area contributed by atoms with E-state index >= 15 is 0 Å². The van der Waals surface area contributed by atoms with Crippen molar-refractivity contribution in [2.24, 2.45) is 5.84 Å². The van der Waals surface area contributed by atoms with Crippen LogP contribution in [0.15, 0.2) is 54.2 Å². The van der Waals surface area contributed by atoms with Crippen molar-refractivity contribution in [1.82, 2.24) is 10.7 Å². The van der Waals surface area contributed by atoms with Crippen LogP contribution in [0, 0.1) is 10.1 Å². The van der Waals surface area contributed by atoms with Crippen LogP contribution < -0.4 is 21.3 Å². The summed E-state index contributed by atoms with van der Waals surface area (Å²) in [6, 6.07) is 12.4. The lowest BCUT2D eigenvalue weighted by molar-refractivity contribution is -0.385. The fraction of sp³-hybridized carbons (Fsp3) is 0.0588. The predicted molar refractivity (Wildman–Crippen MR) is 93.9 cm³/mol. The summed E-state index contributed by atoms with van der Waals surface area (Å²) in [6.07, 6.45) is 1.27. The highest BCUT2D eigenvalue weighted by Crippen LogP contribution is 2.28. The van der Waals surface area contributed by atoms with Gasteiger partial charge in [-0.05, 0) is 29.8 Å². The number of hydrogen-bond acceptors (Lipinski definition) is 6. The molecule has 0 unspecified atom stereocenters. The Morgan fingerprint density at radius 2 is 1.88 bits per heavy atom. The molecule has 9 heteroatoms. The Balaban J connectivity index is 2.38. The average Bonchev–Trinajstić information content (AvgIpc) is 2.67.